The molecule has 0 aliphatic carbocycles. The van der Waals surface area contributed by atoms with Gasteiger partial charge in [0.1, 0.15) is 19.6 Å². The molecule has 0 saturated heterocycles. The van der Waals surface area contributed by atoms with E-state index in [0.717, 1.165) is 6.54 Å². The first-order chi connectivity index (χ1) is 6.85. The summed E-state index contributed by atoms with van der Waals surface area (Å²) in [5.41, 5.74) is 0. The molecule has 0 aromatic rings. The summed E-state index contributed by atoms with van der Waals surface area (Å²) in [6, 6.07) is 0. The fourth-order valence-electron chi connectivity index (χ4n) is 1.65. The van der Waals surface area contributed by atoms with Crippen LogP contribution in [0.15, 0.2) is 12.7 Å². The third-order valence-electron chi connectivity index (χ3n) is 2.54. The molecule has 0 bridgehead atoms. The Labute approximate surface area is 90.2 Å². The quantitative estimate of drug-likeness (QED) is 0.286. The maximum absolute atomic E-state index is 3.82. The summed E-state index contributed by atoms with van der Waals surface area (Å²) in [6.45, 7) is 11.9. The van der Waals surface area contributed by atoms with Gasteiger partial charge in [-0.15, -0.1) is 0 Å². The predicted octanol–water partition coefficient (Wildman–Crippen LogP) is 3.69. The highest BCUT2D eigenvalue weighted by atomic mass is 15.1. The Balaban J connectivity index is 3.49. The largest absolute Gasteiger partial charge is 0.166 e. The second kappa shape index (κ2) is 10.8. The molecule has 0 heterocycles. The smallest absolute Gasteiger partial charge is 0.141 e. The van der Waals surface area contributed by atoms with E-state index in [-0.39, 0.29) is 0 Å². The third kappa shape index (κ3) is 8.31. The van der Waals surface area contributed by atoms with Gasteiger partial charge in [-0.1, -0.05) is 33.3 Å². The van der Waals surface area contributed by atoms with Crippen LogP contribution in [0.25, 0.3) is 0 Å². The minimum absolute atomic E-state index is 1.06. The van der Waals surface area contributed by atoms with Crippen LogP contribution >= 0.6 is 0 Å². The molecular formula is C13H27N+. The van der Waals surface area contributed by atoms with Gasteiger partial charge < -0.3 is 0 Å². The minimum atomic E-state index is 1.06. The first-order valence-corrected chi connectivity index (χ1v) is 6.18. The Morgan fingerprint density at radius 2 is 1.43 bits per heavy atom. The normalized spacial score (nSPS) is 10.8. The Kier molecular flexibility index (Phi) is 10.5. The van der Waals surface area contributed by atoms with E-state index in [1.807, 2.05) is 6.08 Å². The lowest BCUT2D eigenvalue weighted by atomic mass is 10.2. The van der Waals surface area contributed by atoms with Crippen molar-refractivity contribution in [3.05, 3.63) is 12.7 Å². The lowest BCUT2D eigenvalue weighted by molar-refractivity contribution is 0.412. The molecule has 1 nitrogen and oxygen atoms in total. The minimum Gasteiger partial charge on any atom is -0.166 e. The van der Waals surface area contributed by atoms with Gasteiger partial charge in [0.05, 0.1) is 0 Å². The average molecular weight is 197 g/mol. The molecule has 0 aliphatic rings. The molecule has 0 saturated carbocycles. The van der Waals surface area contributed by atoms with Crippen LogP contribution in [0, 0.1) is 0 Å². The number of unbranched alkanes of at least 4 members (excludes halogenated alkanes) is 4. The number of hydrogen-bond donors (Lipinski definition) is 0. The van der Waals surface area contributed by atoms with E-state index in [1.54, 1.807) is 0 Å². The van der Waals surface area contributed by atoms with Gasteiger partial charge in [0.15, 0.2) is 0 Å². The maximum atomic E-state index is 3.82. The van der Waals surface area contributed by atoms with Crippen molar-refractivity contribution in [3.63, 3.8) is 0 Å². The highest BCUT2D eigenvalue weighted by Crippen LogP contribution is 2.00. The molecule has 0 atom stereocenters. The predicted molar refractivity (Wildman–Crippen MR) is 66.0 cm³/mol. The van der Waals surface area contributed by atoms with Crippen molar-refractivity contribution in [3.8, 4) is 0 Å². The number of rotatable bonds is 10. The van der Waals surface area contributed by atoms with Gasteiger partial charge in [0.25, 0.3) is 0 Å². The molecule has 0 aromatic carbocycles. The highest BCUT2D eigenvalue weighted by Gasteiger charge is 2.10. The molecule has 0 aliphatic heterocycles. The molecule has 0 rings (SSSR count). The van der Waals surface area contributed by atoms with Crippen molar-refractivity contribution >= 4 is 0 Å². The summed E-state index contributed by atoms with van der Waals surface area (Å²) in [6.07, 6.45) is 10.1. The van der Waals surface area contributed by atoms with E-state index >= 15 is 0 Å². The fraction of sp³-hybridized carbons (Fsp3) is 0.846. The van der Waals surface area contributed by atoms with E-state index in [2.05, 4.69) is 25.3 Å². The van der Waals surface area contributed by atoms with Gasteiger partial charge in [-0.25, -0.2) is 0 Å². The Hall–Kier alpha value is -0.300. The van der Waals surface area contributed by atoms with Crippen LogP contribution in [0.5, 0.6) is 0 Å². The molecule has 1 heteroatoms. The second-order valence-corrected chi connectivity index (χ2v) is 4.00. The Morgan fingerprint density at radius 1 is 0.929 bits per heavy atom. The summed E-state index contributed by atoms with van der Waals surface area (Å²) in [7, 11) is 0. The summed E-state index contributed by atoms with van der Waals surface area (Å²) >= 11 is 0. The van der Waals surface area contributed by atoms with Crippen molar-refractivity contribution in [1.29, 1.82) is 0 Å². The van der Waals surface area contributed by atoms with Crippen LogP contribution in [-0.4, -0.2) is 19.6 Å². The zero-order valence-corrected chi connectivity index (χ0v) is 10.1. The van der Waals surface area contributed by atoms with E-state index in [0.29, 0.717) is 0 Å². The Bertz CT molecular complexity index is 110. The van der Waals surface area contributed by atoms with E-state index in [1.165, 1.54) is 51.6 Å². The van der Waals surface area contributed by atoms with Crippen LogP contribution in [-0.2, 0) is 0 Å². The molecule has 0 spiro atoms. The zero-order valence-electron chi connectivity index (χ0n) is 10.1. The first-order valence-electron chi connectivity index (χ1n) is 6.18. The lowest BCUT2D eigenvalue weighted by Crippen LogP contribution is -2.32. The lowest BCUT2D eigenvalue weighted by Gasteiger charge is -2.10. The molecule has 0 amide bonds. The second-order valence-electron chi connectivity index (χ2n) is 4.00. The molecule has 0 aromatic heterocycles. The Morgan fingerprint density at radius 3 is 1.79 bits per heavy atom. The van der Waals surface area contributed by atoms with Gasteiger partial charge in [-0.05, 0) is 18.9 Å². The van der Waals surface area contributed by atoms with Crippen LogP contribution in [0.4, 0.5) is 0 Å². The molecule has 1 radical (unpaired) electrons. The molecular weight excluding hydrogens is 170 g/mol. The van der Waals surface area contributed by atoms with E-state index < -0.39 is 0 Å². The SMILES string of the molecule is C=CC[N+](CCCCC)CCCCC. The van der Waals surface area contributed by atoms with Gasteiger partial charge in [-0.2, -0.15) is 4.90 Å². The van der Waals surface area contributed by atoms with Gasteiger partial charge >= 0.3 is 0 Å². The molecule has 0 N–H and O–H groups in total. The van der Waals surface area contributed by atoms with Crippen molar-refractivity contribution < 1.29 is 0 Å². The van der Waals surface area contributed by atoms with Gasteiger partial charge in [0.2, 0.25) is 0 Å². The van der Waals surface area contributed by atoms with E-state index in [9.17, 15) is 0 Å². The molecule has 83 valence electrons. The van der Waals surface area contributed by atoms with E-state index in [4.69, 9.17) is 0 Å². The summed E-state index contributed by atoms with van der Waals surface area (Å²) < 4.78 is 0. The summed E-state index contributed by atoms with van der Waals surface area (Å²) in [4.78, 5) is 2.53. The molecule has 0 fully saturated rings. The number of nitrogens with zero attached hydrogens (tertiary/aromatic N) is 1. The van der Waals surface area contributed by atoms with Crippen LogP contribution < -0.4 is 4.90 Å². The van der Waals surface area contributed by atoms with Crippen LogP contribution in [0.2, 0.25) is 0 Å². The standard InChI is InChI=1S/C13H27N/c1-4-7-9-12-14(11-6-3)13-10-8-5-2/h6H,3-5,7-13H2,1-2H3/q+1. The van der Waals surface area contributed by atoms with Crippen molar-refractivity contribution in [2.75, 3.05) is 19.6 Å². The van der Waals surface area contributed by atoms with Crippen molar-refractivity contribution in [1.82, 2.24) is 4.90 Å². The first kappa shape index (κ1) is 13.7. The average Bonchev–Trinajstić information content (AvgIpc) is 2.18. The third-order valence-corrected chi connectivity index (χ3v) is 2.54. The van der Waals surface area contributed by atoms with Crippen LogP contribution in [0.1, 0.15) is 52.4 Å². The summed E-state index contributed by atoms with van der Waals surface area (Å²) in [5.74, 6) is 0. The van der Waals surface area contributed by atoms with Crippen molar-refractivity contribution in [2.45, 2.75) is 52.4 Å². The monoisotopic (exact) mass is 197 g/mol. The molecule has 0 unspecified atom stereocenters. The molecule has 14 heavy (non-hydrogen) atoms. The highest BCUT2D eigenvalue weighted by molar-refractivity contribution is 4.77. The topological polar surface area (TPSA) is 5.90 Å². The van der Waals surface area contributed by atoms with Gasteiger partial charge in [0, 0.05) is 12.8 Å². The zero-order chi connectivity index (χ0) is 10.6. The van der Waals surface area contributed by atoms with Crippen LogP contribution in [0.3, 0.4) is 0 Å². The van der Waals surface area contributed by atoms with Crippen molar-refractivity contribution in [2.24, 2.45) is 0 Å². The number of hydrogen-bond acceptors (Lipinski definition) is 1. The summed E-state index contributed by atoms with van der Waals surface area (Å²) in [5, 5.41) is 0. The fourth-order valence-corrected chi connectivity index (χ4v) is 1.65. The maximum Gasteiger partial charge on any atom is 0.141 e. The van der Waals surface area contributed by atoms with Gasteiger partial charge in [-0.3, -0.25) is 0 Å².